The van der Waals surface area contributed by atoms with Crippen LogP contribution in [0.1, 0.15) is 34.7 Å². The van der Waals surface area contributed by atoms with Crippen LogP contribution in [0.15, 0.2) is 42.6 Å². The van der Waals surface area contributed by atoms with Gasteiger partial charge in [-0.2, -0.15) is 0 Å². The zero-order valence-corrected chi connectivity index (χ0v) is 14.7. The molecule has 0 spiro atoms. The summed E-state index contributed by atoms with van der Waals surface area (Å²) in [7, 11) is 0. The Hall–Kier alpha value is -3.22. The summed E-state index contributed by atoms with van der Waals surface area (Å²) in [5, 5.41) is 2.71. The van der Waals surface area contributed by atoms with E-state index in [0.29, 0.717) is 5.69 Å². The Morgan fingerprint density at radius 1 is 1.08 bits per heavy atom. The van der Waals surface area contributed by atoms with Gasteiger partial charge in [0.1, 0.15) is 12.2 Å². The Kier molecular flexibility index (Phi) is 4.97. The van der Waals surface area contributed by atoms with E-state index in [9.17, 15) is 14.4 Å². The summed E-state index contributed by atoms with van der Waals surface area (Å²) in [4.78, 5) is 43.8. The zero-order valence-electron chi connectivity index (χ0n) is 14.7. The minimum atomic E-state index is -0.544. The monoisotopic (exact) mass is 352 g/mol. The van der Waals surface area contributed by atoms with Gasteiger partial charge in [-0.05, 0) is 50.2 Å². The highest BCUT2D eigenvalue weighted by atomic mass is 16.2. The molecule has 0 aliphatic carbocycles. The molecule has 1 aliphatic rings. The van der Waals surface area contributed by atoms with Gasteiger partial charge < -0.3 is 10.2 Å². The van der Waals surface area contributed by atoms with E-state index in [1.165, 1.54) is 12.3 Å². The fourth-order valence-corrected chi connectivity index (χ4v) is 2.95. The SMILES string of the molecule is CCN(CC)c1ccc(NC(=O)CN2C(=O)c3cccnc3C2=O)cc1. The van der Waals surface area contributed by atoms with E-state index in [-0.39, 0.29) is 17.8 Å². The Morgan fingerprint density at radius 3 is 2.38 bits per heavy atom. The molecule has 134 valence electrons. The summed E-state index contributed by atoms with van der Waals surface area (Å²) < 4.78 is 0. The molecular formula is C19H20N4O3. The van der Waals surface area contributed by atoms with Crippen molar-refractivity contribution in [3.8, 4) is 0 Å². The second-order valence-corrected chi connectivity index (χ2v) is 5.86. The Morgan fingerprint density at radius 2 is 1.77 bits per heavy atom. The predicted molar refractivity (Wildman–Crippen MR) is 98.2 cm³/mol. The van der Waals surface area contributed by atoms with E-state index in [4.69, 9.17) is 0 Å². The van der Waals surface area contributed by atoms with Crippen molar-refractivity contribution in [2.75, 3.05) is 29.9 Å². The lowest BCUT2D eigenvalue weighted by atomic mass is 10.2. The minimum absolute atomic E-state index is 0.0916. The van der Waals surface area contributed by atoms with Crippen LogP contribution in [-0.4, -0.2) is 47.2 Å². The number of nitrogens with zero attached hydrogens (tertiary/aromatic N) is 3. The third kappa shape index (κ3) is 3.28. The summed E-state index contributed by atoms with van der Waals surface area (Å²) in [5.41, 5.74) is 2.00. The van der Waals surface area contributed by atoms with Gasteiger partial charge in [-0.1, -0.05) is 0 Å². The number of pyridine rings is 1. The molecule has 0 saturated carbocycles. The van der Waals surface area contributed by atoms with Crippen molar-refractivity contribution in [2.45, 2.75) is 13.8 Å². The number of amides is 3. The first-order valence-corrected chi connectivity index (χ1v) is 8.51. The smallest absolute Gasteiger partial charge is 0.280 e. The molecule has 1 aromatic carbocycles. The van der Waals surface area contributed by atoms with Crippen molar-refractivity contribution in [3.63, 3.8) is 0 Å². The number of aromatic nitrogens is 1. The maximum absolute atomic E-state index is 12.3. The first kappa shape index (κ1) is 17.6. The van der Waals surface area contributed by atoms with E-state index in [1.807, 2.05) is 12.1 Å². The highest BCUT2D eigenvalue weighted by Crippen LogP contribution is 2.21. The van der Waals surface area contributed by atoms with Crippen LogP contribution in [0.25, 0.3) is 0 Å². The van der Waals surface area contributed by atoms with Crippen LogP contribution >= 0.6 is 0 Å². The van der Waals surface area contributed by atoms with Crippen molar-refractivity contribution in [1.29, 1.82) is 0 Å². The minimum Gasteiger partial charge on any atom is -0.372 e. The van der Waals surface area contributed by atoms with Gasteiger partial charge in [0, 0.05) is 30.7 Å². The highest BCUT2D eigenvalue weighted by Gasteiger charge is 2.37. The first-order chi connectivity index (χ1) is 12.5. The molecule has 3 rings (SSSR count). The van der Waals surface area contributed by atoms with Crippen molar-refractivity contribution in [1.82, 2.24) is 9.88 Å². The first-order valence-electron chi connectivity index (χ1n) is 8.51. The van der Waals surface area contributed by atoms with Gasteiger partial charge in [0.2, 0.25) is 5.91 Å². The lowest BCUT2D eigenvalue weighted by Crippen LogP contribution is -2.37. The molecule has 0 bridgehead atoms. The number of benzene rings is 1. The maximum Gasteiger partial charge on any atom is 0.280 e. The number of imide groups is 1. The molecule has 0 unspecified atom stereocenters. The number of hydrogen-bond acceptors (Lipinski definition) is 5. The fraction of sp³-hybridized carbons (Fsp3) is 0.263. The largest absolute Gasteiger partial charge is 0.372 e. The summed E-state index contributed by atoms with van der Waals surface area (Å²) in [6.45, 7) is 5.62. The highest BCUT2D eigenvalue weighted by molar-refractivity contribution is 6.21. The molecule has 0 atom stereocenters. The maximum atomic E-state index is 12.3. The number of hydrogen-bond donors (Lipinski definition) is 1. The summed E-state index contributed by atoms with van der Waals surface area (Å²) in [5.74, 6) is -1.47. The van der Waals surface area contributed by atoms with Crippen LogP contribution in [0.5, 0.6) is 0 Å². The van der Waals surface area contributed by atoms with Crippen LogP contribution in [0.2, 0.25) is 0 Å². The van der Waals surface area contributed by atoms with Crippen molar-refractivity contribution in [3.05, 3.63) is 53.9 Å². The number of carbonyl (C=O) groups excluding carboxylic acids is 3. The van der Waals surface area contributed by atoms with Gasteiger partial charge in [0.25, 0.3) is 11.8 Å². The van der Waals surface area contributed by atoms with E-state index in [0.717, 1.165) is 23.7 Å². The average molecular weight is 352 g/mol. The third-order valence-corrected chi connectivity index (χ3v) is 4.31. The van der Waals surface area contributed by atoms with Crippen LogP contribution in [0, 0.1) is 0 Å². The zero-order chi connectivity index (χ0) is 18.7. The van der Waals surface area contributed by atoms with E-state index < -0.39 is 17.7 Å². The van der Waals surface area contributed by atoms with Crippen molar-refractivity contribution in [2.24, 2.45) is 0 Å². The van der Waals surface area contributed by atoms with Crippen LogP contribution in [0.3, 0.4) is 0 Å². The predicted octanol–water partition coefficient (Wildman–Crippen LogP) is 2.16. The summed E-state index contributed by atoms with van der Waals surface area (Å²) >= 11 is 0. The molecule has 1 aliphatic heterocycles. The number of nitrogens with one attached hydrogen (secondary N) is 1. The summed E-state index contributed by atoms with van der Waals surface area (Å²) in [6.07, 6.45) is 1.45. The van der Waals surface area contributed by atoms with Gasteiger partial charge in [0.05, 0.1) is 5.56 Å². The quantitative estimate of drug-likeness (QED) is 0.806. The van der Waals surface area contributed by atoms with E-state index in [1.54, 1.807) is 18.2 Å². The standard InChI is InChI=1S/C19H20N4O3/c1-3-22(4-2)14-9-7-13(8-10-14)21-16(24)12-23-18(25)15-6-5-11-20-17(15)19(23)26/h5-11H,3-4,12H2,1-2H3,(H,21,24). The van der Waals surface area contributed by atoms with Crippen LogP contribution in [0.4, 0.5) is 11.4 Å². The van der Waals surface area contributed by atoms with E-state index >= 15 is 0 Å². The van der Waals surface area contributed by atoms with Gasteiger partial charge in [-0.15, -0.1) is 0 Å². The Balaban J connectivity index is 1.65. The topological polar surface area (TPSA) is 82.6 Å². The molecule has 2 aromatic rings. The number of anilines is 2. The lowest BCUT2D eigenvalue weighted by Gasteiger charge is -2.21. The molecule has 2 heterocycles. The van der Waals surface area contributed by atoms with Gasteiger partial charge in [-0.3, -0.25) is 24.3 Å². The Bertz CT molecular complexity index is 809. The number of rotatable bonds is 6. The molecule has 26 heavy (non-hydrogen) atoms. The van der Waals surface area contributed by atoms with E-state index in [2.05, 4.69) is 29.0 Å². The van der Waals surface area contributed by atoms with Gasteiger partial charge >= 0.3 is 0 Å². The Labute approximate surface area is 151 Å². The van der Waals surface area contributed by atoms with Crippen LogP contribution in [-0.2, 0) is 4.79 Å². The number of fused-ring (bicyclic) bond motifs is 1. The second-order valence-electron chi connectivity index (χ2n) is 5.86. The normalized spacial score (nSPS) is 12.9. The van der Waals surface area contributed by atoms with Crippen molar-refractivity contribution < 1.29 is 14.4 Å². The molecule has 7 nitrogen and oxygen atoms in total. The molecule has 7 heteroatoms. The molecule has 1 aromatic heterocycles. The fourth-order valence-electron chi connectivity index (χ4n) is 2.95. The molecule has 0 radical (unpaired) electrons. The van der Waals surface area contributed by atoms with Crippen LogP contribution < -0.4 is 10.2 Å². The average Bonchev–Trinajstić information content (AvgIpc) is 2.89. The van der Waals surface area contributed by atoms with Gasteiger partial charge in [0.15, 0.2) is 0 Å². The molecule has 1 N–H and O–H groups in total. The number of carbonyl (C=O) groups is 3. The molecule has 0 fully saturated rings. The molecule has 0 saturated heterocycles. The third-order valence-electron chi connectivity index (χ3n) is 4.31. The lowest BCUT2D eigenvalue weighted by molar-refractivity contribution is -0.116. The van der Waals surface area contributed by atoms with Gasteiger partial charge in [-0.25, -0.2) is 0 Å². The molecule has 3 amide bonds. The second kappa shape index (κ2) is 7.35. The molecular weight excluding hydrogens is 332 g/mol. The van der Waals surface area contributed by atoms with Crippen molar-refractivity contribution >= 4 is 29.1 Å². The summed E-state index contributed by atoms with van der Waals surface area (Å²) in [6, 6.07) is 10.6.